The van der Waals surface area contributed by atoms with E-state index in [0.717, 1.165) is 23.8 Å². The Morgan fingerprint density at radius 2 is 1.81 bits per heavy atom. The van der Waals surface area contributed by atoms with Crippen molar-refractivity contribution in [2.75, 3.05) is 20.8 Å². The molecule has 5 atom stereocenters. The predicted molar refractivity (Wildman–Crippen MR) is 201 cm³/mol. The minimum Gasteiger partial charge on any atom is -0.497 e. The van der Waals surface area contributed by atoms with E-state index in [0.29, 0.717) is 42.0 Å². The minimum atomic E-state index is -1.27. The molecule has 0 radical (unpaired) electrons. The maximum absolute atomic E-state index is 14.5. The van der Waals surface area contributed by atoms with Crippen molar-refractivity contribution < 1.29 is 38.1 Å². The first-order valence-electron chi connectivity index (χ1n) is 18.0. The number of likely N-dealkylation sites (tertiary alicyclic amines) is 1. The van der Waals surface area contributed by atoms with Gasteiger partial charge in [-0.25, -0.2) is 14.6 Å². The Hall–Kier alpha value is -5.39. The number of allylic oxidation sites excluding steroid dienone is 1. The van der Waals surface area contributed by atoms with Gasteiger partial charge in [-0.15, -0.1) is 13.2 Å². The topological polar surface area (TPSA) is 145 Å². The average molecular weight is 727 g/mol. The molecular formula is C41H50N4O8. The van der Waals surface area contributed by atoms with E-state index in [4.69, 9.17) is 23.9 Å². The average Bonchev–Trinajstić information content (AvgIpc) is 3.69. The highest BCUT2D eigenvalue weighted by atomic mass is 16.6. The molecule has 2 N–H and O–H groups in total. The van der Waals surface area contributed by atoms with Gasteiger partial charge in [-0.05, 0) is 58.6 Å². The number of ether oxygens (including phenoxy) is 4. The first kappa shape index (κ1) is 38.8. The van der Waals surface area contributed by atoms with Gasteiger partial charge in [0.2, 0.25) is 11.8 Å². The summed E-state index contributed by atoms with van der Waals surface area (Å²) in [6.07, 6.45) is 4.90. The Kier molecular flexibility index (Phi) is 12.1. The molecule has 282 valence electrons. The summed E-state index contributed by atoms with van der Waals surface area (Å²) in [4.78, 5) is 60.9. The van der Waals surface area contributed by atoms with Crippen molar-refractivity contribution in [2.24, 2.45) is 5.92 Å². The summed E-state index contributed by atoms with van der Waals surface area (Å²) in [6, 6.07) is 15.0. The van der Waals surface area contributed by atoms with Gasteiger partial charge in [0.15, 0.2) is 0 Å². The van der Waals surface area contributed by atoms with Crippen LogP contribution >= 0.6 is 0 Å². The van der Waals surface area contributed by atoms with Gasteiger partial charge in [0.25, 0.3) is 0 Å². The number of alkyl carbamates (subject to hydrolysis) is 1. The van der Waals surface area contributed by atoms with Gasteiger partial charge in [0, 0.05) is 35.4 Å². The standard InChI is InChI=1S/C41H50N4O8/c1-8-10-11-15-18-31(43-39(49)53-40(3,4)5)37(47)45-25-29(22-34(45)36(46)44-41(38(48)51-7)24-27(41)9-2)52-35-23-32(26-16-13-12-14-17-26)42-33-21-28(50-6)19-20-30(33)35/h8-9,12-14,16-17,19-21,23,27,29,31,34H,1-2,10-11,15,18,22,24-25H2,3-7H3,(H,43,49)(H,44,46)/t27-,29-,31+,34+,41-/m1/s1. The lowest BCUT2D eigenvalue weighted by Gasteiger charge is -2.30. The molecule has 3 amide bonds. The van der Waals surface area contributed by atoms with Crippen molar-refractivity contribution in [3.63, 3.8) is 0 Å². The summed E-state index contributed by atoms with van der Waals surface area (Å²) in [5.74, 6) is -0.750. The number of pyridine rings is 1. The monoisotopic (exact) mass is 726 g/mol. The summed E-state index contributed by atoms with van der Waals surface area (Å²) in [5.41, 5.74) is 0.132. The van der Waals surface area contributed by atoms with Crippen molar-refractivity contribution >= 4 is 34.8 Å². The van der Waals surface area contributed by atoms with Gasteiger partial charge in [0.05, 0.1) is 32.0 Å². The second-order valence-corrected chi connectivity index (χ2v) is 14.5. The SMILES string of the molecule is C=CCCCC[C@H](NC(=O)OC(C)(C)C)C(=O)N1C[C@H](Oc2cc(-c3ccccc3)nc3cc(OC)ccc23)C[C@H]1C(=O)N[C@]1(C(=O)OC)C[C@H]1C=C. The third kappa shape index (κ3) is 9.16. The number of methoxy groups -OCH3 is 2. The van der Waals surface area contributed by atoms with Crippen molar-refractivity contribution in [1.29, 1.82) is 0 Å². The molecule has 2 aromatic carbocycles. The lowest BCUT2D eigenvalue weighted by atomic mass is 10.1. The van der Waals surface area contributed by atoms with Gasteiger partial charge in [-0.1, -0.05) is 48.9 Å². The zero-order valence-corrected chi connectivity index (χ0v) is 31.2. The maximum Gasteiger partial charge on any atom is 0.408 e. The number of benzene rings is 2. The molecule has 2 heterocycles. The zero-order valence-electron chi connectivity index (χ0n) is 31.2. The van der Waals surface area contributed by atoms with Crippen LogP contribution in [0, 0.1) is 5.92 Å². The maximum atomic E-state index is 14.5. The van der Waals surface area contributed by atoms with Crippen LogP contribution in [0.25, 0.3) is 22.2 Å². The summed E-state index contributed by atoms with van der Waals surface area (Å²) < 4.78 is 22.7. The zero-order chi connectivity index (χ0) is 38.3. The molecule has 1 saturated carbocycles. The molecule has 2 fully saturated rings. The fourth-order valence-corrected chi connectivity index (χ4v) is 6.74. The molecule has 3 aromatic rings. The number of fused-ring (bicyclic) bond motifs is 1. The van der Waals surface area contributed by atoms with Crippen molar-refractivity contribution in [3.05, 3.63) is 79.9 Å². The van der Waals surface area contributed by atoms with E-state index in [2.05, 4.69) is 23.8 Å². The second-order valence-electron chi connectivity index (χ2n) is 14.5. The van der Waals surface area contributed by atoms with Crippen LogP contribution in [0.3, 0.4) is 0 Å². The van der Waals surface area contributed by atoms with Crippen LogP contribution in [0.5, 0.6) is 11.5 Å². The van der Waals surface area contributed by atoms with E-state index in [1.54, 1.807) is 40.0 Å². The van der Waals surface area contributed by atoms with Gasteiger partial charge < -0.3 is 34.5 Å². The molecule has 0 spiro atoms. The number of rotatable bonds is 15. The number of amides is 3. The predicted octanol–water partition coefficient (Wildman–Crippen LogP) is 6.13. The fourth-order valence-electron chi connectivity index (χ4n) is 6.74. The van der Waals surface area contributed by atoms with Crippen LogP contribution in [0.2, 0.25) is 0 Å². The molecule has 0 unspecified atom stereocenters. The van der Waals surface area contributed by atoms with Gasteiger partial charge in [0.1, 0.15) is 40.8 Å². The van der Waals surface area contributed by atoms with Crippen molar-refractivity contribution in [2.45, 2.75) is 88.6 Å². The normalized spacial score (nSPS) is 21.2. The van der Waals surface area contributed by atoms with E-state index < -0.39 is 53.2 Å². The van der Waals surface area contributed by atoms with Gasteiger partial charge in [-0.2, -0.15) is 0 Å². The Morgan fingerprint density at radius 3 is 2.45 bits per heavy atom. The Labute approximate surface area is 310 Å². The third-order valence-electron chi connectivity index (χ3n) is 9.53. The number of nitrogens with one attached hydrogen (secondary N) is 2. The summed E-state index contributed by atoms with van der Waals surface area (Å²) in [5, 5.41) is 6.37. The molecular weight excluding hydrogens is 676 g/mol. The van der Waals surface area contributed by atoms with Crippen LogP contribution in [-0.2, 0) is 23.9 Å². The Morgan fingerprint density at radius 1 is 1.06 bits per heavy atom. The van der Waals surface area contributed by atoms with Gasteiger partial charge in [-0.3, -0.25) is 9.59 Å². The molecule has 1 aliphatic carbocycles. The minimum absolute atomic E-state index is 0.0346. The quantitative estimate of drug-likeness (QED) is 0.107. The van der Waals surface area contributed by atoms with Crippen LogP contribution in [0.1, 0.15) is 59.3 Å². The van der Waals surface area contributed by atoms with E-state index in [9.17, 15) is 19.2 Å². The highest BCUT2D eigenvalue weighted by molar-refractivity contribution is 5.96. The summed E-state index contributed by atoms with van der Waals surface area (Å²) in [6.45, 7) is 12.8. The molecule has 0 bridgehead atoms. The second kappa shape index (κ2) is 16.5. The molecule has 12 heteroatoms. The lowest BCUT2D eigenvalue weighted by molar-refractivity contribution is -0.148. The third-order valence-corrected chi connectivity index (χ3v) is 9.53. The highest BCUT2D eigenvalue weighted by Crippen LogP contribution is 2.45. The summed E-state index contributed by atoms with van der Waals surface area (Å²) in [7, 11) is 2.85. The molecule has 1 aliphatic heterocycles. The van der Waals surface area contributed by atoms with E-state index in [1.165, 1.54) is 12.0 Å². The van der Waals surface area contributed by atoms with Crippen LogP contribution < -0.4 is 20.1 Å². The number of aromatic nitrogens is 1. The number of carbonyl (C=O) groups is 4. The van der Waals surface area contributed by atoms with E-state index in [-0.39, 0.29) is 18.9 Å². The summed E-state index contributed by atoms with van der Waals surface area (Å²) >= 11 is 0. The molecule has 53 heavy (non-hydrogen) atoms. The highest BCUT2D eigenvalue weighted by Gasteiger charge is 2.62. The van der Waals surface area contributed by atoms with Crippen LogP contribution in [-0.4, -0.2) is 83.9 Å². The largest absolute Gasteiger partial charge is 0.497 e. The number of hydrogen-bond acceptors (Lipinski definition) is 9. The lowest BCUT2D eigenvalue weighted by Crippen LogP contribution is -2.56. The number of hydrogen-bond donors (Lipinski definition) is 2. The Bertz CT molecular complexity index is 1840. The Balaban J connectivity index is 1.49. The van der Waals surface area contributed by atoms with Gasteiger partial charge >= 0.3 is 12.1 Å². The number of unbranched alkanes of at least 4 members (excludes halogenated alkanes) is 2. The number of esters is 1. The number of nitrogens with zero attached hydrogens (tertiary/aromatic N) is 2. The smallest absolute Gasteiger partial charge is 0.408 e. The van der Waals surface area contributed by atoms with Crippen molar-refractivity contribution in [1.82, 2.24) is 20.5 Å². The molecule has 1 saturated heterocycles. The fraction of sp³-hybridized carbons (Fsp3) is 0.439. The molecule has 2 aliphatic rings. The van der Waals surface area contributed by atoms with Crippen molar-refractivity contribution in [3.8, 4) is 22.8 Å². The molecule has 12 nitrogen and oxygen atoms in total. The number of carbonyl (C=O) groups excluding carboxylic acids is 4. The first-order chi connectivity index (χ1) is 25.3. The van der Waals surface area contributed by atoms with Crippen LogP contribution in [0.4, 0.5) is 4.79 Å². The molecule has 1 aromatic heterocycles. The van der Waals surface area contributed by atoms with Crippen LogP contribution in [0.15, 0.2) is 79.9 Å². The first-order valence-corrected chi connectivity index (χ1v) is 18.0. The van der Waals surface area contributed by atoms with E-state index in [1.807, 2.05) is 54.6 Å². The van der Waals surface area contributed by atoms with E-state index >= 15 is 0 Å². The molecule has 5 rings (SSSR count).